The van der Waals surface area contributed by atoms with Gasteiger partial charge >= 0.3 is 6.09 Å². The van der Waals surface area contributed by atoms with Crippen LogP contribution in [0, 0.1) is 20.8 Å². The number of carbonyl (C=O) groups is 1. The van der Waals surface area contributed by atoms with Crippen LogP contribution in [0.3, 0.4) is 0 Å². The average Bonchev–Trinajstić information content (AvgIpc) is 3.25. The lowest BCUT2D eigenvalue weighted by atomic mass is 10.0. The van der Waals surface area contributed by atoms with E-state index >= 15 is 0 Å². The molecule has 3 aromatic rings. The third-order valence-electron chi connectivity index (χ3n) is 7.10. The predicted molar refractivity (Wildman–Crippen MR) is 161 cm³/mol. The molecule has 0 radical (unpaired) electrons. The fourth-order valence-corrected chi connectivity index (χ4v) is 7.32. The number of carbonyl (C=O) groups excluding carboxylic acids is 1. The summed E-state index contributed by atoms with van der Waals surface area (Å²) in [7, 11) is -3.92. The summed E-state index contributed by atoms with van der Waals surface area (Å²) >= 11 is 0. The van der Waals surface area contributed by atoms with Crippen LogP contribution < -0.4 is 5.32 Å². The van der Waals surface area contributed by atoms with Gasteiger partial charge in [-0.15, -0.1) is 6.58 Å². The molecular weight excluding hydrogens is 540 g/mol. The molecule has 1 aliphatic heterocycles. The van der Waals surface area contributed by atoms with E-state index in [4.69, 9.17) is 14.2 Å². The number of rotatable bonds is 9. The summed E-state index contributed by atoms with van der Waals surface area (Å²) in [4.78, 5) is 13.2. The molecule has 1 amide bonds. The summed E-state index contributed by atoms with van der Waals surface area (Å²) in [5.74, 6) is 0. The van der Waals surface area contributed by atoms with Crippen molar-refractivity contribution in [1.82, 2.24) is 9.29 Å². The number of amides is 1. The van der Waals surface area contributed by atoms with Crippen molar-refractivity contribution in [3.8, 4) is 0 Å². The van der Waals surface area contributed by atoms with Crippen molar-refractivity contribution in [2.75, 3.05) is 6.61 Å². The van der Waals surface area contributed by atoms with Crippen LogP contribution in [0.25, 0.3) is 10.9 Å². The molecule has 2 aromatic carbocycles. The van der Waals surface area contributed by atoms with E-state index < -0.39 is 40.2 Å². The summed E-state index contributed by atoms with van der Waals surface area (Å²) in [6.45, 7) is 15.6. The maximum atomic E-state index is 14.1. The summed E-state index contributed by atoms with van der Waals surface area (Å²) in [6.07, 6.45) is 4.68. The lowest BCUT2D eigenvalue weighted by molar-refractivity contribution is -0.183. The molecule has 8 nitrogen and oxygen atoms in total. The molecule has 1 unspecified atom stereocenters. The zero-order valence-corrected chi connectivity index (χ0v) is 25.7. The SMILES string of the molecule is C=C[C@H](OC1CCCCO1)[C@H](Cc1cn(S(=O)(=O)c2c(C)cc(C)cc2C)c2ccccc12)NC(=O)OC(C)(C)C. The molecule has 4 rings (SSSR count). The number of aromatic nitrogens is 1. The number of para-hydroxylation sites is 1. The number of fused-ring (bicyclic) bond motifs is 1. The number of ether oxygens (including phenoxy) is 3. The first-order chi connectivity index (χ1) is 19.3. The average molecular weight is 583 g/mol. The molecule has 1 N–H and O–H groups in total. The molecule has 0 aliphatic carbocycles. The highest BCUT2D eigenvalue weighted by atomic mass is 32.2. The van der Waals surface area contributed by atoms with E-state index in [0.717, 1.165) is 35.8 Å². The van der Waals surface area contributed by atoms with Gasteiger partial charge in [0.25, 0.3) is 10.0 Å². The minimum absolute atomic E-state index is 0.275. The Balaban J connectivity index is 1.75. The fourth-order valence-electron chi connectivity index (χ4n) is 5.51. The Labute approximate surface area is 243 Å². The summed E-state index contributed by atoms with van der Waals surface area (Å²) in [6, 6.07) is 10.5. The van der Waals surface area contributed by atoms with Crippen LogP contribution in [0.1, 0.15) is 62.3 Å². The molecule has 2 heterocycles. The van der Waals surface area contributed by atoms with Crippen LogP contribution in [0.2, 0.25) is 0 Å². The third-order valence-corrected chi connectivity index (χ3v) is 9.08. The predicted octanol–water partition coefficient (Wildman–Crippen LogP) is 6.34. The molecule has 0 saturated carbocycles. The first-order valence-corrected chi connectivity index (χ1v) is 15.6. The van der Waals surface area contributed by atoms with Crippen molar-refractivity contribution in [3.05, 3.63) is 77.5 Å². The molecule has 222 valence electrons. The van der Waals surface area contributed by atoms with E-state index in [2.05, 4.69) is 11.9 Å². The van der Waals surface area contributed by atoms with Crippen LogP contribution >= 0.6 is 0 Å². The summed E-state index contributed by atoms with van der Waals surface area (Å²) < 4.78 is 47.2. The van der Waals surface area contributed by atoms with Crippen molar-refractivity contribution >= 4 is 27.0 Å². The van der Waals surface area contributed by atoms with Gasteiger partial charge in [-0.1, -0.05) is 42.0 Å². The number of nitrogens with one attached hydrogen (secondary N) is 1. The smallest absolute Gasteiger partial charge is 0.407 e. The van der Waals surface area contributed by atoms with Gasteiger partial charge in [-0.2, -0.15) is 0 Å². The quantitative estimate of drug-likeness (QED) is 0.296. The van der Waals surface area contributed by atoms with Gasteiger partial charge in [0.2, 0.25) is 0 Å². The van der Waals surface area contributed by atoms with Crippen LogP contribution in [-0.2, 0) is 30.7 Å². The lowest BCUT2D eigenvalue weighted by Crippen LogP contribution is -2.48. The highest BCUT2D eigenvalue weighted by Crippen LogP contribution is 2.31. The van der Waals surface area contributed by atoms with Crippen LogP contribution in [0.4, 0.5) is 4.79 Å². The van der Waals surface area contributed by atoms with Gasteiger partial charge in [0.05, 0.1) is 22.6 Å². The second-order valence-electron chi connectivity index (χ2n) is 11.8. The standard InChI is InChI=1S/C32H42N2O6S/c1-8-28(39-29-15-11-12-16-38-29)26(33-31(35)40-32(5,6)7)19-24-20-34(27-14-10-9-13-25(24)27)41(36,37)30-22(3)17-21(2)18-23(30)4/h8-10,13-14,17-18,20,26,28-29H,1,11-12,15-16,19H2,2-7H3,(H,33,35)/t26-,28-,29?/m0/s1. The Morgan fingerprint density at radius 3 is 2.46 bits per heavy atom. The highest BCUT2D eigenvalue weighted by molar-refractivity contribution is 7.90. The minimum Gasteiger partial charge on any atom is -0.444 e. The normalized spacial score (nSPS) is 17.7. The van der Waals surface area contributed by atoms with E-state index in [1.54, 1.807) is 39.1 Å². The van der Waals surface area contributed by atoms with Crippen LogP contribution in [-0.4, -0.2) is 49.1 Å². The Morgan fingerprint density at radius 2 is 1.85 bits per heavy atom. The molecule has 0 spiro atoms. The van der Waals surface area contributed by atoms with Gasteiger partial charge in [0.15, 0.2) is 6.29 Å². The maximum absolute atomic E-state index is 14.1. The van der Waals surface area contributed by atoms with Crippen molar-refractivity contribution in [2.24, 2.45) is 0 Å². The number of hydrogen-bond donors (Lipinski definition) is 1. The molecule has 0 bridgehead atoms. The van der Waals surface area contributed by atoms with Gasteiger partial charge in [0, 0.05) is 18.2 Å². The van der Waals surface area contributed by atoms with Crippen molar-refractivity contribution < 1.29 is 27.4 Å². The molecule has 9 heteroatoms. The van der Waals surface area contributed by atoms with Gasteiger partial charge in [-0.05, 0) is 90.0 Å². The molecule has 1 fully saturated rings. The Bertz CT molecular complexity index is 1490. The molecule has 1 saturated heterocycles. The zero-order chi connectivity index (χ0) is 29.9. The number of hydrogen-bond acceptors (Lipinski definition) is 6. The van der Waals surface area contributed by atoms with Gasteiger partial charge < -0.3 is 19.5 Å². The van der Waals surface area contributed by atoms with E-state index in [-0.39, 0.29) is 6.42 Å². The van der Waals surface area contributed by atoms with E-state index in [1.807, 2.05) is 51.1 Å². The van der Waals surface area contributed by atoms with Crippen molar-refractivity contribution in [3.63, 3.8) is 0 Å². The largest absolute Gasteiger partial charge is 0.444 e. The number of nitrogens with zero attached hydrogens (tertiary/aromatic N) is 1. The third kappa shape index (κ3) is 7.20. The number of benzene rings is 2. The van der Waals surface area contributed by atoms with Gasteiger partial charge in [0.1, 0.15) is 5.60 Å². The maximum Gasteiger partial charge on any atom is 0.407 e. The molecule has 41 heavy (non-hydrogen) atoms. The summed E-state index contributed by atoms with van der Waals surface area (Å²) in [5.41, 5.74) is 3.00. The first-order valence-electron chi connectivity index (χ1n) is 14.1. The summed E-state index contributed by atoms with van der Waals surface area (Å²) in [5, 5.41) is 3.73. The molecule has 1 aromatic heterocycles. The van der Waals surface area contributed by atoms with Gasteiger partial charge in [-0.3, -0.25) is 0 Å². The minimum atomic E-state index is -3.92. The van der Waals surface area contributed by atoms with E-state index in [1.165, 1.54) is 3.97 Å². The van der Waals surface area contributed by atoms with E-state index in [9.17, 15) is 13.2 Å². The van der Waals surface area contributed by atoms with Crippen molar-refractivity contribution in [1.29, 1.82) is 0 Å². The van der Waals surface area contributed by atoms with Crippen molar-refractivity contribution in [2.45, 2.75) is 96.2 Å². The Hall–Kier alpha value is -3.14. The second-order valence-corrected chi connectivity index (χ2v) is 13.5. The Morgan fingerprint density at radius 1 is 1.17 bits per heavy atom. The lowest BCUT2D eigenvalue weighted by Gasteiger charge is -2.32. The monoisotopic (exact) mass is 582 g/mol. The zero-order valence-electron chi connectivity index (χ0n) is 24.9. The molecule has 1 aliphatic rings. The van der Waals surface area contributed by atoms with Gasteiger partial charge in [-0.25, -0.2) is 17.2 Å². The van der Waals surface area contributed by atoms with Crippen LogP contribution in [0.15, 0.2) is 60.1 Å². The molecular formula is C32H42N2O6S. The number of alkyl carbamates (subject to hydrolysis) is 1. The first kappa shape index (κ1) is 30.8. The van der Waals surface area contributed by atoms with E-state index in [0.29, 0.717) is 28.1 Å². The molecule has 3 atom stereocenters. The second kappa shape index (κ2) is 12.4. The number of aryl methyl sites for hydroxylation is 3. The Kier molecular flexibility index (Phi) is 9.31. The highest BCUT2D eigenvalue weighted by Gasteiger charge is 2.31. The topological polar surface area (TPSA) is 95.9 Å². The van der Waals surface area contributed by atoms with Crippen LogP contribution in [0.5, 0.6) is 0 Å². The fraction of sp³-hybridized carbons (Fsp3) is 0.469.